The van der Waals surface area contributed by atoms with Crippen LogP contribution in [0.25, 0.3) is 0 Å². The Hall–Kier alpha value is -0.120. The van der Waals surface area contributed by atoms with Gasteiger partial charge in [0.25, 0.3) is 0 Å². The first-order valence-corrected chi connectivity index (χ1v) is 9.28. The SMILES string of the molecule is CC(C)CC(CNCC1CCCCCC1)N1CCOCC1. The predicted molar refractivity (Wildman–Crippen MR) is 89.7 cm³/mol. The second-order valence-corrected chi connectivity index (χ2v) is 7.45. The molecule has 1 aliphatic heterocycles. The maximum Gasteiger partial charge on any atom is 0.0594 e. The van der Waals surface area contributed by atoms with Crippen molar-refractivity contribution in [2.45, 2.75) is 64.8 Å². The third kappa shape index (κ3) is 6.66. The fourth-order valence-corrected chi connectivity index (χ4v) is 3.87. The molecule has 0 bridgehead atoms. The predicted octanol–water partition coefficient (Wildman–Crippen LogP) is 3.29. The molecule has 3 heteroatoms. The van der Waals surface area contributed by atoms with E-state index in [0.29, 0.717) is 6.04 Å². The Morgan fingerprint density at radius 1 is 1.05 bits per heavy atom. The zero-order valence-electron chi connectivity index (χ0n) is 14.3. The summed E-state index contributed by atoms with van der Waals surface area (Å²) in [6.07, 6.45) is 10.0. The zero-order chi connectivity index (χ0) is 14.9. The van der Waals surface area contributed by atoms with Gasteiger partial charge in [0, 0.05) is 25.7 Å². The standard InChI is InChI=1S/C18H36N2O/c1-16(2)13-18(20-9-11-21-12-10-20)15-19-14-17-7-5-3-4-6-8-17/h16-19H,3-15H2,1-2H3. The molecular weight excluding hydrogens is 260 g/mol. The molecule has 0 aromatic heterocycles. The second-order valence-electron chi connectivity index (χ2n) is 7.45. The van der Waals surface area contributed by atoms with Crippen LogP contribution in [0.1, 0.15) is 58.8 Å². The summed E-state index contributed by atoms with van der Waals surface area (Å²) in [6, 6.07) is 0.694. The first kappa shape index (κ1) is 17.2. The lowest BCUT2D eigenvalue weighted by Gasteiger charge is -2.36. The average molecular weight is 296 g/mol. The molecule has 1 saturated heterocycles. The molecule has 124 valence electrons. The monoisotopic (exact) mass is 296 g/mol. The molecule has 0 spiro atoms. The van der Waals surface area contributed by atoms with E-state index in [1.54, 1.807) is 0 Å². The number of nitrogens with one attached hydrogen (secondary N) is 1. The van der Waals surface area contributed by atoms with Crippen LogP contribution < -0.4 is 5.32 Å². The Bertz CT molecular complexity index is 256. The molecule has 1 heterocycles. The van der Waals surface area contributed by atoms with E-state index in [4.69, 9.17) is 4.74 Å². The van der Waals surface area contributed by atoms with E-state index in [-0.39, 0.29) is 0 Å². The number of rotatable bonds is 7. The van der Waals surface area contributed by atoms with Crippen LogP contribution in [0, 0.1) is 11.8 Å². The summed E-state index contributed by atoms with van der Waals surface area (Å²) in [4.78, 5) is 2.64. The fourth-order valence-electron chi connectivity index (χ4n) is 3.87. The lowest BCUT2D eigenvalue weighted by molar-refractivity contribution is 0.0122. The molecule has 2 aliphatic rings. The molecule has 1 saturated carbocycles. The van der Waals surface area contributed by atoms with Gasteiger partial charge in [0.1, 0.15) is 0 Å². The van der Waals surface area contributed by atoms with Gasteiger partial charge in [-0.25, -0.2) is 0 Å². The van der Waals surface area contributed by atoms with Crippen LogP contribution in [0.2, 0.25) is 0 Å². The van der Waals surface area contributed by atoms with Crippen LogP contribution in [-0.4, -0.2) is 50.3 Å². The summed E-state index contributed by atoms with van der Waals surface area (Å²) < 4.78 is 5.51. The highest BCUT2D eigenvalue weighted by molar-refractivity contribution is 4.78. The van der Waals surface area contributed by atoms with Gasteiger partial charge in [0.2, 0.25) is 0 Å². The minimum atomic E-state index is 0.694. The first-order valence-electron chi connectivity index (χ1n) is 9.28. The topological polar surface area (TPSA) is 24.5 Å². The minimum Gasteiger partial charge on any atom is -0.379 e. The third-order valence-corrected chi connectivity index (χ3v) is 5.09. The average Bonchev–Trinajstić information content (AvgIpc) is 2.75. The second kappa shape index (κ2) is 9.81. The highest BCUT2D eigenvalue weighted by Gasteiger charge is 2.22. The summed E-state index contributed by atoms with van der Waals surface area (Å²) in [7, 11) is 0. The molecule has 1 aliphatic carbocycles. The summed E-state index contributed by atoms with van der Waals surface area (Å²) >= 11 is 0. The number of nitrogens with zero attached hydrogens (tertiary/aromatic N) is 1. The molecule has 0 aromatic rings. The van der Waals surface area contributed by atoms with Crippen molar-refractivity contribution in [3.8, 4) is 0 Å². The van der Waals surface area contributed by atoms with Gasteiger partial charge in [-0.2, -0.15) is 0 Å². The van der Waals surface area contributed by atoms with Crippen LogP contribution in [0.4, 0.5) is 0 Å². The summed E-state index contributed by atoms with van der Waals surface area (Å²) in [5.74, 6) is 1.70. The largest absolute Gasteiger partial charge is 0.379 e. The Morgan fingerprint density at radius 2 is 1.71 bits per heavy atom. The van der Waals surface area contributed by atoms with Gasteiger partial charge >= 0.3 is 0 Å². The van der Waals surface area contributed by atoms with Crippen LogP contribution in [0.3, 0.4) is 0 Å². The van der Waals surface area contributed by atoms with Crippen LogP contribution in [-0.2, 0) is 4.74 Å². The van der Waals surface area contributed by atoms with Crippen LogP contribution in [0.15, 0.2) is 0 Å². The summed E-state index contributed by atoms with van der Waals surface area (Å²) in [6.45, 7) is 11.1. The molecular formula is C18H36N2O. The van der Waals surface area contributed by atoms with Gasteiger partial charge < -0.3 is 10.1 Å². The number of ether oxygens (including phenoxy) is 1. The van der Waals surface area contributed by atoms with Gasteiger partial charge in [-0.1, -0.05) is 39.5 Å². The first-order chi connectivity index (χ1) is 10.3. The highest BCUT2D eigenvalue weighted by Crippen LogP contribution is 2.22. The molecule has 3 nitrogen and oxygen atoms in total. The van der Waals surface area contributed by atoms with Crippen molar-refractivity contribution in [2.75, 3.05) is 39.4 Å². The maximum atomic E-state index is 5.51. The number of hydrogen-bond donors (Lipinski definition) is 1. The van der Waals surface area contributed by atoms with Crippen molar-refractivity contribution in [3.05, 3.63) is 0 Å². The number of hydrogen-bond acceptors (Lipinski definition) is 3. The van der Waals surface area contributed by atoms with E-state index in [1.807, 2.05) is 0 Å². The van der Waals surface area contributed by atoms with Crippen molar-refractivity contribution >= 4 is 0 Å². The Labute approximate surface area is 131 Å². The van der Waals surface area contributed by atoms with E-state index in [2.05, 4.69) is 24.1 Å². The quantitative estimate of drug-likeness (QED) is 0.730. The van der Waals surface area contributed by atoms with E-state index >= 15 is 0 Å². The van der Waals surface area contributed by atoms with Crippen LogP contribution >= 0.6 is 0 Å². The molecule has 0 amide bonds. The molecule has 1 unspecified atom stereocenters. The lowest BCUT2D eigenvalue weighted by Crippen LogP contribution is -2.49. The molecule has 1 atom stereocenters. The van der Waals surface area contributed by atoms with Gasteiger partial charge in [0.05, 0.1) is 13.2 Å². The Kier molecular flexibility index (Phi) is 8.05. The van der Waals surface area contributed by atoms with Crippen molar-refractivity contribution in [3.63, 3.8) is 0 Å². The van der Waals surface area contributed by atoms with Crippen molar-refractivity contribution in [1.82, 2.24) is 10.2 Å². The molecule has 2 rings (SSSR count). The summed E-state index contributed by atoms with van der Waals surface area (Å²) in [5, 5.41) is 3.80. The minimum absolute atomic E-state index is 0.694. The fraction of sp³-hybridized carbons (Fsp3) is 1.00. The maximum absolute atomic E-state index is 5.51. The normalized spacial score (nSPS) is 24.1. The molecule has 0 aromatic carbocycles. The Balaban J connectivity index is 1.72. The lowest BCUT2D eigenvalue weighted by atomic mass is 9.99. The van der Waals surface area contributed by atoms with Crippen LogP contribution in [0.5, 0.6) is 0 Å². The molecule has 0 radical (unpaired) electrons. The van der Waals surface area contributed by atoms with Crippen molar-refractivity contribution in [2.24, 2.45) is 11.8 Å². The Morgan fingerprint density at radius 3 is 2.33 bits per heavy atom. The van der Waals surface area contributed by atoms with Gasteiger partial charge in [-0.15, -0.1) is 0 Å². The smallest absolute Gasteiger partial charge is 0.0594 e. The van der Waals surface area contributed by atoms with Crippen molar-refractivity contribution in [1.29, 1.82) is 0 Å². The van der Waals surface area contributed by atoms with E-state index in [0.717, 1.165) is 44.7 Å². The molecule has 21 heavy (non-hydrogen) atoms. The van der Waals surface area contributed by atoms with Crippen molar-refractivity contribution < 1.29 is 4.74 Å². The molecule has 2 fully saturated rings. The van der Waals surface area contributed by atoms with Gasteiger partial charge in [-0.3, -0.25) is 4.90 Å². The third-order valence-electron chi connectivity index (χ3n) is 5.09. The van der Waals surface area contributed by atoms with E-state index in [9.17, 15) is 0 Å². The van der Waals surface area contributed by atoms with E-state index < -0.39 is 0 Å². The molecule has 1 N–H and O–H groups in total. The van der Waals surface area contributed by atoms with Gasteiger partial charge in [-0.05, 0) is 37.6 Å². The zero-order valence-corrected chi connectivity index (χ0v) is 14.3. The number of morpholine rings is 1. The van der Waals surface area contributed by atoms with E-state index in [1.165, 1.54) is 51.5 Å². The van der Waals surface area contributed by atoms with Gasteiger partial charge in [0.15, 0.2) is 0 Å². The summed E-state index contributed by atoms with van der Waals surface area (Å²) in [5.41, 5.74) is 0. The highest BCUT2D eigenvalue weighted by atomic mass is 16.5.